The van der Waals surface area contributed by atoms with Crippen LogP contribution in [0, 0.1) is 18.8 Å². The number of nitrogens with one attached hydrogen (secondary N) is 2. The number of carbonyl (C=O) groups is 1. The number of carbonyl (C=O) groups excluding carboxylic acids is 1. The van der Waals surface area contributed by atoms with Crippen LogP contribution in [-0.2, 0) is 6.54 Å². The fraction of sp³-hybridized carbons (Fsp3) is 0.542. The van der Waals surface area contributed by atoms with Gasteiger partial charge in [0.1, 0.15) is 11.4 Å². The minimum atomic E-state index is -0.254. The number of nitrogens with zero attached hydrogens (tertiary/aromatic N) is 3. The Morgan fingerprint density at radius 2 is 1.97 bits per heavy atom. The Balaban J connectivity index is 1.34. The first-order valence-corrected chi connectivity index (χ1v) is 11.9. The van der Waals surface area contributed by atoms with Gasteiger partial charge in [-0.15, -0.1) is 0 Å². The van der Waals surface area contributed by atoms with Crippen molar-refractivity contribution in [3.63, 3.8) is 0 Å². The topological polar surface area (TPSA) is 90.4 Å². The van der Waals surface area contributed by atoms with E-state index >= 15 is 0 Å². The molecule has 7 nitrogen and oxygen atoms in total. The van der Waals surface area contributed by atoms with Crippen LogP contribution in [0.1, 0.15) is 53.6 Å². The van der Waals surface area contributed by atoms with Crippen molar-refractivity contribution in [2.75, 3.05) is 23.3 Å². The van der Waals surface area contributed by atoms with Gasteiger partial charge in [-0.05, 0) is 68.1 Å². The summed E-state index contributed by atoms with van der Waals surface area (Å²) in [5.41, 5.74) is 2.50. The number of halogens is 1. The molecular formula is C24H30ClN5O2. The number of benzene rings is 1. The smallest absolute Gasteiger partial charge is 0.256 e. The summed E-state index contributed by atoms with van der Waals surface area (Å²) in [5, 5.41) is 16.9. The molecule has 5 rings (SSSR count). The van der Waals surface area contributed by atoms with Crippen molar-refractivity contribution >= 4 is 29.3 Å². The van der Waals surface area contributed by atoms with Crippen molar-refractivity contribution in [1.29, 1.82) is 0 Å². The van der Waals surface area contributed by atoms with E-state index in [0.717, 1.165) is 66.8 Å². The van der Waals surface area contributed by atoms with Crippen LogP contribution in [0.2, 0.25) is 5.02 Å². The number of hydrogen-bond donors (Lipinski definition) is 3. The Bertz CT molecular complexity index is 998. The van der Waals surface area contributed by atoms with Crippen molar-refractivity contribution in [3.05, 3.63) is 46.1 Å². The van der Waals surface area contributed by atoms with Crippen molar-refractivity contribution < 1.29 is 9.90 Å². The molecule has 2 aliphatic carbocycles. The second-order valence-corrected chi connectivity index (χ2v) is 9.92. The summed E-state index contributed by atoms with van der Waals surface area (Å²) in [4.78, 5) is 24.6. The Hall–Kier alpha value is -2.38. The van der Waals surface area contributed by atoms with Gasteiger partial charge in [-0.3, -0.25) is 4.79 Å². The average Bonchev–Trinajstić information content (AvgIpc) is 3.40. The zero-order valence-electron chi connectivity index (χ0n) is 18.4. The van der Waals surface area contributed by atoms with Crippen LogP contribution in [0.3, 0.4) is 0 Å². The van der Waals surface area contributed by atoms with Crippen molar-refractivity contribution in [2.24, 2.45) is 11.8 Å². The summed E-state index contributed by atoms with van der Waals surface area (Å²) in [6, 6.07) is 6.02. The molecule has 8 heteroatoms. The first kappa shape index (κ1) is 21.5. The molecule has 0 spiro atoms. The highest BCUT2D eigenvalue weighted by atomic mass is 35.5. The molecule has 1 saturated heterocycles. The first-order valence-electron chi connectivity index (χ1n) is 11.6. The van der Waals surface area contributed by atoms with Crippen LogP contribution < -0.4 is 15.5 Å². The van der Waals surface area contributed by atoms with E-state index < -0.39 is 0 Å². The summed E-state index contributed by atoms with van der Waals surface area (Å²) < 4.78 is 0. The van der Waals surface area contributed by atoms with Gasteiger partial charge in [0.2, 0.25) is 5.95 Å². The molecule has 3 aliphatic rings. The molecule has 1 amide bonds. The lowest BCUT2D eigenvalue weighted by Crippen LogP contribution is -2.39. The van der Waals surface area contributed by atoms with Crippen LogP contribution >= 0.6 is 11.6 Å². The number of fused-ring (bicyclic) bond motifs is 1. The Morgan fingerprint density at radius 1 is 1.22 bits per heavy atom. The summed E-state index contributed by atoms with van der Waals surface area (Å²) >= 11 is 6.28. The molecule has 32 heavy (non-hydrogen) atoms. The molecule has 2 saturated carbocycles. The summed E-state index contributed by atoms with van der Waals surface area (Å²) in [5.74, 6) is 2.59. The molecule has 0 radical (unpaired) electrons. The molecule has 3 fully saturated rings. The minimum absolute atomic E-state index is 0.0695. The number of amides is 1. The SMILES string of the molecule is Cc1ccc(CNc2nc(N3CC4CC4C3)ncc2C(=O)N[C@H]2CC[C@H](O)CC2)cc1Cl. The normalized spacial score (nSPS) is 26.5. The molecule has 2 heterocycles. The van der Waals surface area contributed by atoms with E-state index in [4.69, 9.17) is 16.6 Å². The van der Waals surface area contributed by atoms with Crippen LogP contribution in [0.25, 0.3) is 0 Å². The third-order valence-electron chi connectivity index (χ3n) is 7.01. The molecule has 2 aromatic rings. The van der Waals surface area contributed by atoms with Crippen molar-refractivity contribution in [2.45, 2.75) is 57.7 Å². The van der Waals surface area contributed by atoms with Crippen LogP contribution in [0.5, 0.6) is 0 Å². The number of aliphatic hydroxyl groups is 1. The average molecular weight is 456 g/mol. The fourth-order valence-electron chi connectivity index (χ4n) is 4.80. The fourth-order valence-corrected chi connectivity index (χ4v) is 5.01. The molecule has 1 aromatic carbocycles. The van der Waals surface area contributed by atoms with Gasteiger partial charge in [0, 0.05) is 36.9 Å². The van der Waals surface area contributed by atoms with Crippen LogP contribution in [0.15, 0.2) is 24.4 Å². The number of rotatable bonds is 6. The number of aromatic nitrogens is 2. The highest BCUT2D eigenvalue weighted by molar-refractivity contribution is 6.31. The maximum atomic E-state index is 13.1. The van der Waals surface area contributed by atoms with E-state index in [-0.39, 0.29) is 18.1 Å². The molecule has 2 unspecified atom stereocenters. The Morgan fingerprint density at radius 3 is 2.69 bits per heavy atom. The third-order valence-corrected chi connectivity index (χ3v) is 7.42. The van der Waals surface area contributed by atoms with Gasteiger partial charge in [0.05, 0.1) is 6.10 Å². The lowest BCUT2D eigenvalue weighted by molar-refractivity contribution is 0.0867. The molecular weight excluding hydrogens is 426 g/mol. The number of piperidine rings is 1. The Labute approximate surface area is 193 Å². The molecule has 3 N–H and O–H groups in total. The molecule has 0 bridgehead atoms. The van der Waals surface area contributed by atoms with Gasteiger partial charge in [-0.2, -0.15) is 4.98 Å². The van der Waals surface area contributed by atoms with Gasteiger partial charge in [-0.1, -0.05) is 23.7 Å². The molecule has 2 atom stereocenters. The van der Waals surface area contributed by atoms with Gasteiger partial charge in [0.15, 0.2) is 0 Å². The van der Waals surface area contributed by atoms with E-state index in [1.165, 1.54) is 6.42 Å². The van der Waals surface area contributed by atoms with E-state index in [1.54, 1.807) is 6.20 Å². The van der Waals surface area contributed by atoms with Crippen molar-refractivity contribution in [1.82, 2.24) is 15.3 Å². The van der Waals surface area contributed by atoms with Gasteiger partial charge >= 0.3 is 0 Å². The predicted molar refractivity (Wildman–Crippen MR) is 125 cm³/mol. The van der Waals surface area contributed by atoms with Crippen LogP contribution in [0.4, 0.5) is 11.8 Å². The first-order chi connectivity index (χ1) is 15.5. The standard InChI is InChI=1S/C24H30ClN5O2/c1-14-2-3-15(8-21(14)25)10-26-22-20(23(32)28-18-4-6-19(31)7-5-18)11-27-24(29-22)30-12-16-9-17(16)13-30/h2-3,8,11,16-19,31H,4-7,9-10,12-13H2,1H3,(H,28,32)(H,26,27,29)/t16?,17?,18-,19-. The zero-order chi connectivity index (χ0) is 22.2. The van der Waals surface area contributed by atoms with Gasteiger partial charge in [0.25, 0.3) is 5.91 Å². The molecule has 1 aliphatic heterocycles. The van der Waals surface area contributed by atoms with E-state index in [1.807, 2.05) is 25.1 Å². The summed E-state index contributed by atoms with van der Waals surface area (Å²) in [6.07, 6.45) is 5.71. The van der Waals surface area contributed by atoms with Crippen LogP contribution in [-0.4, -0.2) is 46.2 Å². The zero-order valence-corrected chi connectivity index (χ0v) is 19.1. The molecule has 170 valence electrons. The largest absolute Gasteiger partial charge is 0.393 e. The van der Waals surface area contributed by atoms with Gasteiger partial charge < -0.3 is 20.6 Å². The monoisotopic (exact) mass is 455 g/mol. The van der Waals surface area contributed by atoms with E-state index in [2.05, 4.69) is 20.5 Å². The number of anilines is 2. The molecule has 1 aromatic heterocycles. The summed E-state index contributed by atoms with van der Waals surface area (Å²) in [7, 11) is 0. The van der Waals surface area contributed by atoms with E-state index in [0.29, 0.717) is 23.9 Å². The summed E-state index contributed by atoms with van der Waals surface area (Å²) in [6.45, 7) is 4.47. The van der Waals surface area contributed by atoms with Crippen molar-refractivity contribution in [3.8, 4) is 0 Å². The minimum Gasteiger partial charge on any atom is -0.393 e. The highest BCUT2D eigenvalue weighted by Crippen LogP contribution is 2.45. The lowest BCUT2D eigenvalue weighted by Gasteiger charge is -2.26. The van der Waals surface area contributed by atoms with E-state index in [9.17, 15) is 9.90 Å². The maximum absolute atomic E-state index is 13.1. The second-order valence-electron chi connectivity index (χ2n) is 9.51. The quantitative estimate of drug-likeness (QED) is 0.617. The van der Waals surface area contributed by atoms with Gasteiger partial charge in [-0.25, -0.2) is 4.98 Å². The Kier molecular flexibility index (Phi) is 5.95. The maximum Gasteiger partial charge on any atom is 0.256 e. The predicted octanol–water partition coefficient (Wildman–Crippen LogP) is 3.54. The highest BCUT2D eigenvalue weighted by Gasteiger charge is 2.46. The number of hydrogen-bond acceptors (Lipinski definition) is 6. The second kappa shape index (κ2) is 8.87. The number of aryl methyl sites for hydroxylation is 1. The lowest BCUT2D eigenvalue weighted by atomic mass is 9.93. The number of aliphatic hydroxyl groups excluding tert-OH is 1. The third kappa shape index (κ3) is 4.69.